The summed E-state index contributed by atoms with van der Waals surface area (Å²) in [6.07, 6.45) is 101. The van der Waals surface area contributed by atoms with Crippen molar-refractivity contribution in [3.05, 3.63) is 158 Å². The summed E-state index contributed by atoms with van der Waals surface area (Å²) < 4.78 is 16.8. The van der Waals surface area contributed by atoms with Crippen LogP contribution in [-0.4, -0.2) is 37.2 Å². The van der Waals surface area contributed by atoms with Crippen molar-refractivity contribution in [1.82, 2.24) is 0 Å². The Labute approximate surface area is 511 Å². The van der Waals surface area contributed by atoms with Gasteiger partial charge >= 0.3 is 17.9 Å². The Balaban J connectivity index is 4.45. The van der Waals surface area contributed by atoms with Crippen LogP contribution in [0.5, 0.6) is 0 Å². The van der Waals surface area contributed by atoms with Crippen molar-refractivity contribution in [1.29, 1.82) is 0 Å². The molecule has 1 atom stereocenters. The Morgan fingerprint density at radius 3 is 0.843 bits per heavy atom. The SMILES string of the molecule is CC/C=C\C/C=C\C/C=C\C/C=C\C/C=C\CCCCCCCCCCCC(=O)OCC(COC(=O)C/C=C\C/C=C\C/C=C\C/C=C\C/C=C\CC)OC(=O)CCCCCCCCCCCC/C=C\C/C=C\C/C=C\CCCCCCC. The number of esters is 3. The van der Waals surface area contributed by atoms with Crippen LogP contribution < -0.4 is 0 Å². The molecule has 0 aromatic heterocycles. The van der Waals surface area contributed by atoms with Crippen LogP contribution in [0.25, 0.3) is 0 Å². The van der Waals surface area contributed by atoms with Crippen molar-refractivity contribution in [2.45, 2.75) is 297 Å². The van der Waals surface area contributed by atoms with E-state index >= 15 is 0 Å². The molecule has 0 N–H and O–H groups in total. The molecule has 6 nitrogen and oxygen atoms in total. The monoisotopic (exact) mass is 1140 g/mol. The standard InChI is InChI=1S/C77H124O6/c1-4-7-10-13-16-19-22-25-28-30-32-34-36-38-40-42-44-46-49-52-55-58-61-64-67-70-76(79)82-73-74(72-81-75(78)69-66-63-60-57-54-51-48-27-24-21-18-15-12-9-6-3)83-77(80)71-68-65-62-59-56-53-50-47-45-43-41-39-37-35-33-31-29-26-23-20-17-14-11-8-5-2/h7,9-10,12,16,18-19,21,23,25-28,31-34,37-40,48,54,57,63,66,74H,4-6,8,11,13-15,17,20,22,24,29-30,35-36,41-47,49-53,55-56,58-62,64-65,67-73H2,1-3H3/b10-7-,12-9-,19-16-,21-18-,26-23-,28-25-,33-31-,34-32-,39-37-,40-38-,48-27-,57-54-,66-63-. The number of unbranched alkanes of at least 4 members (excludes halogenated alkanes) is 24. The van der Waals surface area contributed by atoms with Crippen molar-refractivity contribution in [3.63, 3.8) is 0 Å². The maximum absolute atomic E-state index is 12.9. The highest BCUT2D eigenvalue weighted by Crippen LogP contribution is 2.15. The van der Waals surface area contributed by atoms with Gasteiger partial charge in [0.2, 0.25) is 0 Å². The lowest BCUT2D eigenvalue weighted by atomic mass is 10.0. The number of hydrogen-bond donors (Lipinski definition) is 0. The molecule has 0 amide bonds. The molecule has 0 aliphatic heterocycles. The highest BCUT2D eigenvalue weighted by Gasteiger charge is 2.19. The summed E-state index contributed by atoms with van der Waals surface area (Å²) in [5, 5.41) is 0. The Hall–Kier alpha value is -4.97. The van der Waals surface area contributed by atoms with Crippen LogP contribution in [0.2, 0.25) is 0 Å². The molecule has 0 aromatic rings. The molecule has 0 radical (unpaired) electrons. The third-order valence-electron chi connectivity index (χ3n) is 14.0. The van der Waals surface area contributed by atoms with Crippen LogP contribution in [0, 0.1) is 0 Å². The third kappa shape index (κ3) is 67.7. The summed E-state index contributed by atoms with van der Waals surface area (Å²) in [5.74, 6) is -1.06. The highest BCUT2D eigenvalue weighted by molar-refractivity contribution is 5.72. The number of carbonyl (C=O) groups excluding carboxylic acids is 3. The minimum atomic E-state index is -0.832. The molecular formula is C77H124O6. The van der Waals surface area contributed by atoms with E-state index in [9.17, 15) is 14.4 Å². The molecule has 0 aliphatic carbocycles. The van der Waals surface area contributed by atoms with E-state index in [1.807, 2.05) is 6.08 Å². The van der Waals surface area contributed by atoms with E-state index in [0.717, 1.165) is 122 Å². The first-order valence-corrected chi connectivity index (χ1v) is 34.0. The molecule has 0 saturated carbocycles. The molecule has 0 rings (SSSR count). The van der Waals surface area contributed by atoms with Crippen molar-refractivity contribution in [2.24, 2.45) is 0 Å². The summed E-state index contributed by atoms with van der Waals surface area (Å²) in [6.45, 7) is 6.31. The number of rotatable bonds is 60. The van der Waals surface area contributed by atoms with Crippen LogP contribution >= 0.6 is 0 Å². The fourth-order valence-electron chi connectivity index (χ4n) is 9.02. The summed E-state index contributed by atoms with van der Waals surface area (Å²) in [5.41, 5.74) is 0. The van der Waals surface area contributed by atoms with E-state index in [1.165, 1.54) is 128 Å². The summed E-state index contributed by atoms with van der Waals surface area (Å²) in [4.78, 5) is 38.4. The quantitative estimate of drug-likeness (QED) is 0.0261. The molecule has 0 saturated heterocycles. The molecule has 0 spiro atoms. The molecule has 0 heterocycles. The zero-order valence-electron chi connectivity index (χ0n) is 53.7. The number of carbonyl (C=O) groups is 3. The second kappa shape index (κ2) is 69.5. The van der Waals surface area contributed by atoms with Gasteiger partial charge in [-0.25, -0.2) is 0 Å². The zero-order chi connectivity index (χ0) is 59.9. The lowest BCUT2D eigenvalue weighted by Crippen LogP contribution is -2.30. The highest BCUT2D eigenvalue weighted by atomic mass is 16.6. The normalized spacial score (nSPS) is 13.1. The lowest BCUT2D eigenvalue weighted by Gasteiger charge is -2.18. The van der Waals surface area contributed by atoms with Gasteiger partial charge in [0.05, 0.1) is 6.42 Å². The molecule has 0 aromatic carbocycles. The molecule has 0 fully saturated rings. The summed E-state index contributed by atoms with van der Waals surface area (Å²) in [7, 11) is 0. The molecular weight excluding hydrogens is 1020 g/mol. The van der Waals surface area contributed by atoms with Gasteiger partial charge in [-0.1, -0.05) is 301 Å². The Morgan fingerprint density at radius 1 is 0.265 bits per heavy atom. The molecule has 0 aliphatic rings. The average molecular weight is 1150 g/mol. The van der Waals surface area contributed by atoms with Gasteiger partial charge in [0.15, 0.2) is 6.10 Å². The van der Waals surface area contributed by atoms with Gasteiger partial charge in [0.25, 0.3) is 0 Å². The van der Waals surface area contributed by atoms with Crippen LogP contribution in [0.1, 0.15) is 290 Å². The predicted octanol–water partition coefficient (Wildman–Crippen LogP) is 23.7. The van der Waals surface area contributed by atoms with E-state index in [2.05, 4.69) is 167 Å². The van der Waals surface area contributed by atoms with Gasteiger partial charge in [0.1, 0.15) is 13.2 Å². The first-order valence-electron chi connectivity index (χ1n) is 34.0. The lowest BCUT2D eigenvalue weighted by molar-refractivity contribution is -0.166. The van der Waals surface area contributed by atoms with Gasteiger partial charge in [-0.15, -0.1) is 0 Å². The van der Waals surface area contributed by atoms with E-state index in [1.54, 1.807) is 6.08 Å². The van der Waals surface area contributed by atoms with Crippen molar-refractivity contribution >= 4 is 17.9 Å². The minimum absolute atomic E-state index is 0.119. The smallest absolute Gasteiger partial charge is 0.309 e. The molecule has 468 valence electrons. The number of allylic oxidation sites excluding steroid dienone is 25. The van der Waals surface area contributed by atoms with Crippen LogP contribution in [0.4, 0.5) is 0 Å². The summed E-state index contributed by atoms with van der Waals surface area (Å²) in [6, 6.07) is 0. The van der Waals surface area contributed by atoms with Gasteiger partial charge in [-0.3, -0.25) is 14.4 Å². The first-order chi connectivity index (χ1) is 41.0. The Kier molecular flexibility index (Phi) is 65.4. The van der Waals surface area contributed by atoms with E-state index in [-0.39, 0.29) is 31.6 Å². The summed E-state index contributed by atoms with van der Waals surface area (Å²) >= 11 is 0. The second-order valence-electron chi connectivity index (χ2n) is 22.0. The molecule has 1 unspecified atom stereocenters. The van der Waals surface area contributed by atoms with Gasteiger partial charge in [-0.2, -0.15) is 0 Å². The Bertz CT molecular complexity index is 1840. The predicted molar refractivity (Wildman–Crippen MR) is 362 cm³/mol. The van der Waals surface area contributed by atoms with Crippen molar-refractivity contribution < 1.29 is 28.6 Å². The number of hydrogen-bond acceptors (Lipinski definition) is 6. The minimum Gasteiger partial charge on any atom is -0.462 e. The first kappa shape index (κ1) is 78.0. The average Bonchev–Trinajstić information content (AvgIpc) is 3.49. The Morgan fingerprint density at radius 2 is 0.518 bits per heavy atom. The van der Waals surface area contributed by atoms with Gasteiger partial charge < -0.3 is 14.2 Å². The van der Waals surface area contributed by atoms with Crippen molar-refractivity contribution in [3.8, 4) is 0 Å². The fraction of sp³-hybridized carbons (Fsp3) is 0.623. The topological polar surface area (TPSA) is 78.9 Å². The van der Waals surface area contributed by atoms with Gasteiger partial charge in [-0.05, 0) is 128 Å². The van der Waals surface area contributed by atoms with Crippen LogP contribution in [0.15, 0.2) is 158 Å². The molecule has 6 heteroatoms. The largest absolute Gasteiger partial charge is 0.462 e. The molecule has 0 bridgehead atoms. The third-order valence-corrected chi connectivity index (χ3v) is 14.0. The maximum atomic E-state index is 12.9. The molecule has 83 heavy (non-hydrogen) atoms. The number of ether oxygens (including phenoxy) is 3. The second-order valence-corrected chi connectivity index (χ2v) is 22.0. The fourth-order valence-corrected chi connectivity index (χ4v) is 9.02. The van der Waals surface area contributed by atoms with E-state index < -0.39 is 12.1 Å². The van der Waals surface area contributed by atoms with E-state index in [4.69, 9.17) is 14.2 Å². The zero-order valence-corrected chi connectivity index (χ0v) is 53.7. The van der Waals surface area contributed by atoms with Crippen molar-refractivity contribution in [2.75, 3.05) is 13.2 Å². The van der Waals surface area contributed by atoms with Crippen LogP contribution in [0.3, 0.4) is 0 Å². The van der Waals surface area contributed by atoms with Crippen LogP contribution in [-0.2, 0) is 28.6 Å². The van der Waals surface area contributed by atoms with Gasteiger partial charge in [0, 0.05) is 12.8 Å². The van der Waals surface area contributed by atoms with E-state index in [0.29, 0.717) is 12.8 Å². The maximum Gasteiger partial charge on any atom is 0.309 e.